The first-order valence-electron chi connectivity index (χ1n) is 21.3. The van der Waals surface area contributed by atoms with Gasteiger partial charge in [-0.15, -0.1) is 0 Å². The first-order valence-corrected chi connectivity index (χ1v) is 22.8. The lowest BCUT2D eigenvalue weighted by Crippen LogP contribution is -2.28. The number of hydrogen-bond donors (Lipinski definition) is 3. The quantitative estimate of drug-likeness (QED) is 0.0239. The molecule has 3 unspecified atom stereocenters. The Kier molecular flexibility index (Phi) is 40.0. The van der Waals surface area contributed by atoms with Crippen molar-refractivity contribution in [1.82, 2.24) is 0 Å². The molecule has 0 aliphatic rings. The molecular formula is C49H73O10P. The zero-order valence-corrected chi connectivity index (χ0v) is 37.0. The summed E-state index contributed by atoms with van der Waals surface area (Å²) in [5.74, 6) is -1.37. The number of phosphoric ester groups is 1. The fourth-order valence-corrected chi connectivity index (χ4v) is 5.53. The van der Waals surface area contributed by atoms with Crippen LogP contribution in [0.4, 0.5) is 0 Å². The van der Waals surface area contributed by atoms with E-state index in [2.05, 4.69) is 123 Å². The van der Waals surface area contributed by atoms with E-state index < -0.39 is 52.0 Å². The highest BCUT2D eigenvalue weighted by Crippen LogP contribution is 2.45. The lowest BCUT2D eigenvalue weighted by atomic mass is 10.2. The van der Waals surface area contributed by atoms with Crippen molar-refractivity contribution >= 4 is 19.8 Å². The van der Waals surface area contributed by atoms with Crippen LogP contribution in [0.2, 0.25) is 0 Å². The summed E-state index contributed by atoms with van der Waals surface area (Å²) >= 11 is 0. The van der Waals surface area contributed by atoms with Crippen molar-refractivity contribution in [3.8, 4) is 0 Å². The minimum Gasteiger partial charge on any atom is -0.457 e. The smallest absolute Gasteiger partial charge is 0.457 e. The van der Waals surface area contributed by atoms with Gasteiger partial charge in [0.1, 0.15) is 12.7 Å². The van der Waals surface area contributed by atoms with E-state index in [4.69, 9.17) is 18.5 Å². The highest BCUT2D eigenvalue weighted by molar-refractivity contribution is 7.47. The molecule has 0 rings (SSSR count). The Labute approximate surface area is 361 Å². The number of allylic oxidation sites excluding steroid dienone is 24. The Hall–Kier alpha value is -4.15. The maximum Gasteiger partial charge on any atom is 0.475 e. The van der Waals surface area contributed by atoms with Gasteiger partial charge in [-0.1, -0.05) is 160 Å². The minimum atomic E-state index is -4.86. The van der Waals surface area contributed by atoms with Crippen LogP contribution in [0.3, 0.4) is 0 Å². The summed E-state index contributed by atoms with van der Waals surface area (Å²) in [5, 5.41) is 19.1. The molecule has 3 atom stereocenters. The van der Waals surface area contributed by atoms with E-state index in [-0.39, 0.29) is 12.8 Å². The van der Waals surface area contributed by atoms with Gasteiger partial charge in [-0.2, -0.15) is 0 Å². The van der Waals surface area contributed by atoms with Gasteiger partial charge in [0.05, 0.1) is 13.2 Å². The van der Waals surface area contributed by atoms with Crippen molar-refractivity contribution < 1.29 is 47.8 Å². The Morgan fingerprint density at radius 3 is 1.07 bits per heavy atom. The van der Waals surface area contributed by atoms with Crippen LogP contribution < -0.4 is 0 Å². The van der Waals surface area contributed by atoms with Crippen LogP contribution in [0.5, 0.6) is 0 Å². The van der Waals surface area contributed by atoms with Crippen LogP contribution in [-0.4, -0.2) is 59.3 Å². The largest absolute Gasteiger partial charge is 0.475 e. The van der Waals surface area contributed by atoms with Crippen molar-refractivity contribution in [2.24, 2.45) is 0 Å². The van der Waals surface area contributed by atoms with Crippen molar-refractivity contribution in [3.63, 3.8) is 0 Å². The van der Waals surface area contributed by atoms with E-state index in [9.17, 15) is 29.3 Å². The second-order valence-corrected chi connectivity index (χ2v) is 14.6. The van der Waals surface area contributed by atoms with Gasteiger partial charge in [0.2, 0.25) is 6.29 Å². The number of rotatable bonds is 37. The number of aliphatic hydroxyl groups is 2. The van der Waals surface area contributed by atoms with Crippen molar-refractivity contribution in [2.75, 3.05) is 19.8 Å². The van der Waals surface area contributed by atoms with Crippen LogP contribution in [0, 0.1) is 0 Å². The van der Waals surface area contributed by atoms with E-state index in [1.807, 2.05) is 36.5 Å². The Morgan fingerprint density at radius 2 is 0.767 bits per heavy atom. The average Bonchev–Trinajstić information content (AvgIpc) is 3.23. The minimum absolute atomic E-state index is 0.0348. The van der Waals surface area contributed by atoms with E-state index in [1.165, 1.54) is 0 Å². The third-order valence-corrected chi connectivity index (χ3v) is 8.79. The molecule has 0 spiro atoms. The Balaban J connectivity index is 4.20. The van der Waals surface area contributed by atoms with Gasteiger partial charge in [0.25, 0.3) is 0 Å². The van der Waals surface area contributed by atoms with E-state index >= 15 is 0 Å². The van der Waals surface area contributed by atoms with Crippen LogP contribution in [0.15, 0.2) is 146 Å². The molecule has 0 aliphatic carbocycles. The second-order valence-electron chi connectivity index (χ2n) is 13.2. The number of phosphoric acid groups is 1. The third kappa shape index (κ3) is 40.6. The molecule has 0 radical (unpaired) electrons. The highest BCUT2D eigenvalue weighted by atomic mass is 31.2. The molecule has 0 saturated carbocycles. The predicted molar refractivity (Wildman–Crippen MR) is 246 cm³/mol. The van der Waals surface area contributed by atoms with Gasteiger partial charge in [-0.25, -0.2) is 9.09 Å². The van der Waals surface area contributed by atoms with Gasteiger partial charge in [-0.05, 0) is 89.9 Å². The fourth-order valence-electron chi connectivity index (χ4n) is 4.70. The number of esters is 2. The molecule has 11 heteroatoms. The molecule has 0 amide bonds. The molecule has 10 nitrogen and oxygen atoms in total. The Morgan fingerprint density at radius 1 is 0.467 bits per heavy atom. The topological polar surface area (TPSA) is 149 Å². The molecular weight excluding hydrogens is 780 g/mol. The lowest BCUT2D eigenvalue weighted by Gasteiger charge is -2.21. The van der Waals surface area contributed by atoms with Gasteiger partial charge >= 0.3 is 19.8 Å². The predicted octanol–water partition coefficient (Wildman–Crippen LogP) is 11.8. The molecule has 334 valence electrons. The summed E-state index contributed by atoms with van der Waals surface area (Å²) in [6.07, 6.45) is 58.8. The first-order chi connectivity index (χ1) is 29.3. The first kappa shape index (κ1) is 55.9. The molecule has 0 aromatic carbocycles. The second kappa shape index (κ2) is 43.0. The zero-order valence-electron chi connectivity index (χ0n) is 36.1. The molecule has 0 aromatic heterocycles. The van der Waals surface area contributed by atoms with E-state index in [0.29, 0.717) is 19.3 Å². The summed E-state index contributed by atoms with van der Waals surface area (Å²) in [6, 6.07) is 0. The van der Waals surface area contributed by atoms with Crippen molar-refractivity contribution in [2.45, 2.75) is 129 Å². The van der Waals surface area contributed by atoms with Crippen molar-refractivity contribution in [1.29, 1.82) is 0 Å². The fraction of sp³-hybridized carbons (Fsp3) is 0.469. The SMILES string of the molecule is CC/C=C/C/C=C/C/C=C/C/C=C/C/C=C/C/C=C/CCC(=O)OC(CO)COP(=O)(O)OC(CO)OC(=O)CC/C=C/C/C=C/C/C=C/C/C=C/C/C=C/C/C=C/CC. The number of hydrogen-bond acceptors (Lipinski definition) is 9. The van der Waals surface area contributed by atoms with Crippen LogP contribution in [0.25, 0.3) is 0 Å². The van der Waals surface area contributed by atoms with Crippen LogP contribution >= 0.6 is 7.82 Å². The average molecular weight is 853 g/mol. The van der Waals surface area contributed by atoms with Crippen LogP contribution in [0.1, 0.15) is 117 Å². The maximum atomic E-state index is 12.4. The van der Waals surface area contributed by atoms with Gasteiger partial charge in [0.15, 0.2) is 0 Å². The zero-order chi connectivity index (χ0) is 44.0. The number of carbonyl (C=O) groups excluding carboxylic acids is 2. The maximum absolute atomic E-state index is 12.4. The standard InChI is InChI=1S/C49H73O10P/c1-3-5-7-9-11-13-15-17-19-21-23-25-27-29-31-33-35-37-39-41-47(52)57-46(43-50)45-56-60(54,55)59-49(44-51)58-48(53)42-40-38-36-34-32-30-28-26-24-22-20-18-16-14-12-10-8-6-4-2/h5-8,11-14,17-20,23-26,29-32,35-38,46,49-51H,3-4,9-10,15-16,21-22,27-28,33-34,39-45H2,1-2H3,(H,54,55)/b7-5+,8-6+,13-11+,14-12+,19-17+,20-18+,25-23+,26-24+,31-29+,32-30+,37-35+,38-36+. The van der Waals surface area contributed by atoms with Gasteiger partial charge < -0.3 is 24.6 Å². The van der Waals surface area contributed by atoms with E-state index in [1.54, 1.807) is 0 Å². The van der Waals surface area contributed by atoms with Crippen LogP contribution in [-0.2, 0) is 32.7 Å². The van der Waals surface area contributed by atoms with Gasteiger partial charge in [0, 0.05) is 12.8 Å². The molecule has 0 saturated heterocycles. The summed E-state index contributed by atoms with van der Waals surface area (Å²) in [6.45, 7) is 2.03. The summed E-state index contributed by atoms with van der Waals surface area (Å²) in [5.41, 5.74) is 0. The lowest BCUT2D eigenvalue weighted by molar-refractivity contribution is -0.172. The Bertz CT molecular complexity index is 1490. The summed E-state index contributed by atoms with van der Waals surface area (Å²) < 4.78 is 32.1. The molecule has 3 N–H and O–H groups in total. The third-order valence-electron chi connectivity index (χ3n) is 7.81. The molecule has 0 fully saturated rings. The molecule has 0 aromatic rings. The highest BCUT2D eigenvalue weighted by Gasteiger charge is 2.30. The molecule has 0 aliphatic heterocycles. The molecule has 60 heavy (non-hydrogen) atoms. The number of ether oxygens (including phenoxy) is 2. The number of aliphatic hydroxyl groups excluding tert-OH is 2. The monoisotopic (exact) mass is 852 g/mol. The summed E-state index contributed by atoms with van der Waals surface area (Å²) in [4.78, 5) is 34.5. The van der Waals surface area contributed by atoms with Crippen molar-refractivity contribution in [3.05, 3.63) is 146 Å². The normalized spacial score (nSPS) is 15.2. The number of carbonyl (C=O) groups is 2. The summed E-state index contributed by atoms with van der Waals surface area (Å²) in [7, 11) is -4.86. The molecule has 0 bridgehead atoms. The van der Waals surface area contributed by atoms with E-state index in [0.717, 1.165) is 70.6 Å². The molecule has 0 heterocycles. The van der Waals surface area contributed by atoms with Gasteiger partial charge in [-0.3, -0.25) is 14.1 Å².